The van der Waals surface area contributed by atoms with Crippen molar-refractivity contribution in [1.29, 1.82) is 0 Å². The zero-order valence-corrected chi connectivity index (χ0v) is 35.1. The van der Waals surface area contributed by atoms with Crippen molar-refractivity contribution in [3.8, 4) is 5.95 Å². The molecule has 292 valence electrons. The van der Waals surface area contributed by atoms with Crippen LogP contribution in [0.25, 0.3) is 60.8 Å². The Morgan fingerprint density at radius 1 is 0.607 bits per heavy atom. The molecule has 11 rings (SSSR count). The molecule has 5 atom stereocenters. The van der Waals surface area contributed by atoms with Crippen molar-refractivity contribution < 1.29 is 5.11 Å². The lowest BCUT2D eigenvalue weighted by Gasteiger charge is -2.38. The average Bonchev–Trinajstić information content (AvgIpc) is 3.84. The molecule has 3 aromatic heterocycles. The van der Waals surface area contributed by atoms with Gasteiger partial charge in [-0.05, 0) is 54.5 Å². The van der Waals surface area contributed by atoms with Crippen LogP contribution in [0.3, 0.4) is 0 Å². The van der Waals surface area contributed by atoms with E-state index >= 15 is 0 Å². The maximum absolute atomic E-state index is 11.8. The molecule has 61 heavy (non-hydrogen) atoms. The number of hydrogen-bond donors (Lipinski definition) is 1. The highest BCUT2D eigenvalue weighted by Crippen LogP contribution is 2.44. The largest absolute Gasteiger partial charge is 0.389 e. The molecule has 0 radical (unpaired) electrons. The van der Waals surface area contributed by atoms with Crippen LogP contribution in [0.5, 0.6) is 0 Å². The van der Waals surface area contributed by atoms with E-state index in [2.05, 4.69) is 192 Å². The summed E-state index contributed by atoms with van der Waals surface area (Å²) >= 11 is 0. The van der Waals surface area contributed by atoms with E-state index in [-0.39, 0.29) is 23.7 Å². The molecular formula is C51H45B4N5O. The van der Waals surface area contributed by atoms with Gasteiger partial charge in [-0.2, -0.15) is 9.97 Å². The fourth-order valence-electron chi connectivity index (χ4n) is 10.5. The topological polar surface area (TPSA) is 68.8 Å². The van der Waals surface area contributed by atoms with Gasteiger partial charge in [-0.1, -0.05) is 139 Å². The Bertz CT molecular complexity index is 3220. The van der Waals surface area contributed by atoms with E-state index in [1.54, 1.807) is 0 Å². The number of fused-ring (bicyclic) bond motifs is 7. The number of aliphatic hydroxyl groups is 1. The molecule has 5 unspecified atom stereocenters. The molecule has 3 heterocycles. The van der Waals surface area contributed by atoms with E-state index in [9.17, 15) is 5.11 Å². The fourth-order valence-corrected chi connectivity index (χ4v) is 10.5. The van der Waals surface area contributed by atoms with Gasteiger partial charge in [0.25, 0.3) is 0 Å². The molecule has 0 bridgehead atoms. The van der Waals surface area contributed by atoms with Crippen LogP contribution in [0.4, 0.5) is 0 Å². The monoisotopic (exact) mass is 787 g/mol. The molecule has 4 aliphatic carbocycles. The molecule has 0 saturated carbocycles. The van der Waals surface area contributed by atoms with Crippen molar-refractivity contribution in [2.24, 2.45) is 11.8 Å². The van der Waals surface area contributed by atoms with E-state index in [4.69, 9.17) is 15.0 Å². The van der Waals surface area contributed by atoms with Crippen molar-refractivity contribution >= 4 is 86.3 Å². The first kappa shape index (κ1) is 37.6. The van der Waals surface area contributed by atoms with Crippen LogP contribution >= 0.6 is 0 Å². The molecule has 6 nitrogen and oxygen atoms in total. The number of rotatable bonds is 6. The number of allylic oxidation sites excluding steroid dienone is 14. The van der Waals surface area contributed by atoms with Crippen LogP contribution in [0.2, 0.25) is 0 Å². The van der Waals surface area contributed by atoms with Gasteiger partial charge in [-0.3, -0.25) is 4.57 Å². The van der Waals surface area contributed by atoms with E-state index in [1.165, 1.54) is 32.8 Å². The lowest BCUT2D eigenvalue weighted by molar-refractivity contribution is 0.144. The number of aliphatic hydroxyl groups excluding tert-OH is 1. The molecule has 0 amide bonds. The van der Waals surface area contributed by atoms with Gasteiger partial charge in [0, 0.05) is 45.0 Å². The van der Waals surface area contributed by atoms with Crippen LogP contribution in [-0.2, 0) is 0 Å². The van der Waals surface area contributed by atoms with Crippen molar-refractivity contribution in [1.82, 2.24) is 24.1 Å². The van der Waals surface area contributed by atoms with Crippen LogP contribution < -0.4 is 0 Å². The Balaban J connectivity index is 1.16. The average molecular weight is 787 g/mol. The number of nitrogens with zero attached hydrogens (tertiary/aromatic N) is 5. The summed E-state index contributed by atoms with van der Waals surface area (Å²) in [4.78, 5) is 16.2. The second kappa shape index (κ2) is 15.0. The molecule has 0 fully saturated rings. The molecule has 1 N–H and O–H groups in total. The van der Waals surface area contributed by atoms with Crippen molar-refractivity contribution in [2.75, 3.05) is 0 Å². The van der Waals surface area contributed by atoms with E-state index in [0.29, 0.717) is 5.95 Å². The zero-order valence-electron chi connectivity index (χ0n) is 35.1. The Labute approximate surface area is 359 Å². The highest BCUT2D eigenvalue weighted by atomic mass is 16.3. The lowest BCUT2D eigenvalue weighted by atomic mass is 9.54. The minimum Gasteiger partial charge on any atom is -0.389 e. The summed E-state index contributed by atoms with van der Waals surface area (Å²) < 4.78 is 4.76. The van der Waals surface area contributed by atoms with Crippen LogP contribution in [-0.4, -0.2) is 66.7 Å². The minimum absolute atomic E-state index is 0.000577. The molecule has 7 aromatic rings. The molecule has 0 aliphatic heterocycles. The molecule has 4 aliphatic rings. The molecule has 4 aromatic carbocycles. The lowest BCUT2D eigenvalue weighted by Crippen LogP contribution is -2.36. The number of aromatic nitrogens is 5. The standard InChI is InChI=1S/C51H45B4N5O/c52-42-41(48(61)45(55)44(54)43(42)53)32-18-12-20-34(28-32)59-39-23-9-7-21-35(39)37-25-26-38-36-22-8-10-24-40(36)60(47(38)46(37)59)51-57-49(30-15-5-2-6-16-30)56-50(58-51)33-19-11-17-31(27-33)29-13-3-1-4-14-29/h1-15,17,19-26,28,30-32,41,48,61H,16,18,27,52-55H2. The number of hydrogen-bond acceptors (Lipinski definition) is 4. The minimum atomic E-state index is -0.524. The maximum Gasteiger partial charge on any atom is 0.238 e. The summed E-state index contributed by atoms with van der Waals surface area (Å²) in [6.07, 6.45) is 24.2. The Morgan fingerprint density at radius 2 is 1.28 bits per heavy atom. The maximum atomic E-state index is 11.8. The van der Waals surface area contributed by atoms with Gasteiger partial charge < -0.3 is 9.67 Å². The number of para-hydroxylation sites is 2. The van der Waals surface area contributed by atoms with Crippen molar-refractivity contribution in [3.63, 3.8) is 0 Å². The summed E-state index contributed by atoms with van der Waals surface area (Å²) in [7, 11) is 8.66. The van der Waals surface area contributed by atoms with Gasteiger partial charge in [-0.25, -0.2) is 4.98 Å². The summed E-state index contributed by atoms with van der Waals surface area (Å²) in [5.41, 5.74) is 12.7. The van der Waals surface area contributed by atoms with Gasteiger partial charge in [-0.15, -0.1) is 16.4 Å². The predicted molar refractivity (Wildman–Crippen MR) is 263 cm³/mol. The summed E-state index contributed by atoms with van der Waals surface area (Å²) in [5.74, 6) is 2.50. The summed E-state index contributed by atoms with van der Waals surface area (Å²) in [6.45, 7) is 0. The first-order valence-electron chi connectivity index (χ1n) is 21.7. The SMILES string of the molecule is BC1=C(B)C(O)C(C2C=C(n3c4ccccc4c4ccc5c6ccccc6n(-c6nc(C7=CC=CC(c8ccccc8)C7)nc(C7C=CC=CC7)n6)c5c43)C=CC2)C(B)=C1B. The van der Waals surface area contributed by atoms with Gasteiger partial charge in [0.15, 0.2) is 5.82 Å². The van der Waals surface area contributed by atoms with Crippen LogP contribution in [0.15, 0.2) is 174 Å². The van der Waals surface area contributed by atoms with Crippen LogP contribution in [0, 0.1) is 11.8 Å². The van der Waals surface area contributed by atoms with Crippen molar-refractivity contribution in [2.45, 2.75) is 37.2 Å². The Morgan fingerprint density at radius 3 is 2.02 bits per heavy atom. The van der Waals surface area contributed by atoms with Gasteiger partial charge in [0.1, 0.15) is 37.2 Å². The van der Waals surface area contributed by atoms with Gasteiger partial charge in [0.05, 0.1) is 28.2 Å². The first-order chi connectivity index (χ1) is 29.9. The van der Waals surface area contributed by atoms with E-state index < -0.39 is 6.10 Å². The van der Waals surface area contributed by atoms with Crippen LogP contribution in [0.1, 0.15) is 48.3 Å². The molecule has 10 heteroatoms. The second-order valence-electron chi connectivity index (χ2n) is 17.3. The third-order valence-electron chi connectivity index (χ3n) is 14.0. The van der Waals surface area contributed by atoms with Gasteiger partial charge >= 0.3 is 0 Å². The first-order valence-corrected chi connectivity index (χ1v) is 21.7. The quantitative estimate of drug-likeness (QED) is 0.182. The van der Waals surface area contributed by atoms with E-state index in [1.807, 2.05) is 0 Å². The fraction of sp³-hybridized carbons (Fsp3) is 0.157. The molecule has 0 saturated heterocycles. The molecule has 0 spiro atoms. The Hall–Kier alpha value is -6.37. The summed E-state index contributed by atoms with van der Waals surface area (Å²) in [5, 5.41) is 16.5. The normalized spacial score (nSPS) is 22.9. The highest BCUT2D eigenvalue weighted by molar-refractivity contribution is 6.45. The third-order valence-corrected chi connectivity index (χ3v) is 14.0. The van der Waals surface area contributed by atoms with E-state index in [0.717, 1.165) is 80.5 Å². The smallest absolute Gasteiger partial charge is 0.238 e. The third kappa shape index (κ3) is 6.14. The zero-order chi connectivity index (χ0) is 41.4. The highest BCUT2D eigenvalue weighted by Gasteiger charge is 2.35. The Kier molecular flexibility index (Phi) is 9.23. The predicted octanol–water partition coefficient (Wildman–Crippen LogP) is 7.17. The second-order valence-corrected chi connectivity index (χ2v) is 17.3. The molecular weight excluding hydrogens is 742 g/mol. The summed E-state index contributed by atoms with van der Waals surface area (Å²) in [6, 6.07) is 32.7. The number of benzene rings is 4. The van der Waals surface area contributed by atoms with Crippen molar-refractivity contribution in [3.05, 3.63) is 191 Å². The van der Waals surface area contributed by atoms with Gasteiger partial charge in [0.2, 0.25) is 5.95 Å².